The van der Waals surface area contributed by atoms with Crippen LogP contribution >= 0.6 is 0 Å². The van der Waals surface area contributed by atoms with E-state index in [1.807, 2.05) is 30.3 Å². The Bertz CT molecular complexity index is 589. The van der Waals surface area contributed by atoms with E-state index in [0.29, 0.717) is 19.1 Å². The van der Waals surface area contributed by atoms with E-state index in [2.05, 4.69) is 17.1 Å². The molecule has 3 rings (SSSR count). The van der Waals surface area contributed by atoms with Gasteiger partial charge in [-0.05, 0) is 24.9 Å². The van der Waals surface area contributed by atoms with Crippen LogP contribution in [0.2, 0.25) is 0 Å². The minimum absolute atomic E-state index is 0.0436. The zero-order valence-electron chi connectivity index (χ0n) is 14.8. The van der Waals surface area contributed by atoms with Crippen LogP contribution in [0.3, 0.4) is 0 Å². The SMILES string of the molecule is CCN(CCNC(=O)C1COCC(=O)N1Cc1ccccc1)C1CC1. The molecule has 1 atom stereocenters. The number of carbonyl (C=O) groups is 2. The van der Waals surface area contributed by atoms with Gasteiger partial charge >= 0.3 is 0 Å². The number of carbonyl (C=O) groups excluding carboxylic acids is 2. The largest absolute Gasteiger partial charge is 0.369 e. The standard InChI is InChI=1S/C19H27N3O3/c1-2-21(16-8-9-16)11-10-20-19(24)17-13-25-14-18(23)22(17)12-15-6-4-3-5-7-15/h3-7,16-17H,2,8-14H2,1H3,(H,20,24). The van der Waals surface area contributed by atoms with Crippen molar-refractivity contribution < 1.29 is 14.3 Å². The zero-order chi connectivity index (χ0) is 17.6. The number of amides is 2. The minimum Gasteiger partial charge on any atom is -0.369 e. The van der Waals surface area contributed by atoms with E-state index in [1.165, 1.54) is 12.8 Å². The number of likely N-dealkylation sites (N-methyl/N-ethyl adjacent to an activating group) is 1. The van der Waals surface area contributed by atoms with Crippen LogP contribution in [0.5, 0.6) is 0 Å². The molecular formula is C19H27N3O3. The summed E-state index contributed by atoms with van der Waals surface area (Å²) < 4.78 is 5.32. The lowest BCUT2D eigenvalue weighted by Crippen LogP contribution is -2.56. The van der Waals surface area contributed by atoms with Gasteiger partial charge in [-0.2, -0.15) is 0 Å². The molecule has 1 aliphatic carbocycles. The maximum atomic E-state index is 12.6. The highest BCUT2D eigenvalue weighted by Crippen LogP contribution is 2.25. The van der Waals surface area contributed by atoms with Crippen molar-refractivity contribution in [2.45, 2.75) is 38.4 Å². The molecule has 0 spiro atoms. The Balaban J connectivity index is 1.55. The van der Waals surface area contributed by atoms with Crippen molar-refractivity contribution in [2.75, 3.05) is 32.8 Å². The molecule has 1 aromatic rings. The van der Waals surface area contributed by atoms with Crippen molar-refractivity contribution in [1.29, 1.82) is 0 Å². The van der Waals surface area contributed by atoms with Gasteiger partial charge in [0.2, 0.25) is 11.8 Å². The first kappa shape index (κ1) is 17.9. The topological polar surface area (TPSA) is 61.9 Å². The van der Waals surface area contributed by atoms with Crippen LogP contribution in [0.15, 0.2) is 30.3 Å². The molecule has 1 saturated heterocycles. The Labute approximate surface area is 149 Å². The predicted molar refractivity (Wildman–Crippen MR) is 94.9 cm³/mol. The number of hydrogen-bond acceptors (Lipinski definition) is 4. The van der Waals surface area contributed by atoms with Crippen molar-refractivity contribution in [3.05, 3.63) is 35.9 Å². The molecule has 0 radical (unpaired) electrons. The average molecular weight is 345 g/mol. The van der Waals surface area contributed by atoms with Crippen LogP contribution in [-0.4, -0.2) is 66.5 Å². The lowest BCUT2D eigenvalue weighted by Gasteiger charge is -2.34. The summed E-state index contributed by atoms with van der Waals surface area (Å²) in [5, 5.41) is 2.98. The first-order valence-electron chi connectivity index (χ1n) is 9.12. The molecule has 1 unspecified atom stereocenters. The van der Waals surface area contributed by atoms with Crippen LogP contribution < -0.4 is 5.32 Å². The third-order valence-corrected chi connectivity index (χ3v) is 4.86. The van der Waals surface area contributed by atoms with Crippen LogP contribution in [0.25, 0.3) is 0 Å². The lowest BCUT2D eigenvalue weighted by molar-refractivity contribution is -0.155. The molecule has 136 valence electrons. The first-order chi connectivity index (χ1) is 12.2. The molecular weight excluding hydrogens is 318 g/mol. The molecule has 1 saturated carbocycles. The first-order valence-corrected chi connectivity index (χ1v) is 9.12. The molecule has 2 aliphatic rings. The average Bonchev–Trinajstić information content (AvgIpc) is 3.46. The number of benzene rings is 1. The van der Waals surface area contributed by atoms with Crippen LogP contribution in [0, 0.1) is 0 Å². The van der Waals surface area contributed by atoms with Crippen molar-refractivity contribution in [2.24, 2.45) is 0 Å². The molecule has 2 amide bonds. The summed E-state index contributed by atoms with van der Waals surface area (Å²) in [4.78, 5) is 28.9. The zero-order valence-corrected chi connectivity index (χ0v) is 14.8. The molecule has 0 bridgehead atoms. The Morgan fingerprint density at radius 2 is 2.08 bits per heavy atom. The summed E-state index contributed by atoms with van der Waals surface area (Å²) in [6, 6.07) is 9.88. The summed E-state index contributed by atoms with van der Waals surface area (Å²) in [5.74, 6) is -0.265. The van der Waals surface area contributed by atoms with Gasteiger partial charge in [0.25, 0.3) is 0 Å². The van der Waals surface area contributed by atoms with Gasteiger partial charge in [-0.1, -0.05) is 37.3 Å². The summed E-state index contributed by atoms with van der Waals surface area (Å²) in [6.07, 6.45) is 2.52. The van der Waals surface area contributed by atoms with Crippen molar-refractivity contribution in [3.8, 4) is 0 Å². The minimum atomic E-state index is -0.558. The summed E-state index contributed by atoms with van der Waals surface area (Å²) >= 11 is 0. The molecule has 6 heteroatoms. The maximum Gasteiger partial charge on any atom is 0.249 e. The summed E-state index contributed by atoms with van der Waals surface area (Å²) in [5.41, 5.74) is 1.02. The second kappa shape index (κ2) is 8.45. The van der Waals surface area contributed by atoms with E-state index in [9.17, 15) is 9.59 Å². The van der Waals surface area contributed by atoms with Gasteiger partial charge in [-0.3, -0.25) is 14.5 Å². The quantitative estimate of drug-likeness (QED) is 0.764. The number of rotatable bonds is 8. The second-order valence-electron chi connectivity index (χ2n) is 6.69. The Kier molecular flexibility index (Phi) is 6.04. The van der Waals surface area contributed by atoms with E-state index in [1.54, 1.807) is 4.90 Å². The number of nitrogens with zero attached hydrogens (tertiary/aromatic N) is 2. The lowest BCUT2D eigenvalue weighted by atomic mass is 10.1. The highest BCUT2D eigenvalue weighted by molar-refractivity contribution is 5.89. The van der Waals surface area contributed by atoms with E-state index in [4.69, 9.17) is 4.74 Å². The van der Waals surface area contributed by atoms with E-state index in [0.717, 1.165) is 18.7 Å². The Morgan fingerprint density at radius 1 is 1.32 bits per heavy atom. The second-order valence-corrected chi connectivity index (χ2v) is 6.69. The van der Waals surface area contributed by atoms with Crippen LogP contribution in [-0.2, 0) is 20.9 Å². The van der Waals surface area contributed by atoms with E-state index < -0.39 is 6.04 Å². The maximum absolute atomic E-state index is 12.6. The highest BCUT2D eigenvalue weighted by atomic mass is 16.5. The van der Waals surface area contributed by atoms with Crippen molar-refractivity contribution in [1.82, 2.24) is 15.1 Å². The summed E-state index contributed by atoms with van der Waals surface area (Å²) in [7, 11) is 0. The van der Waals surface area contributed by atoms with Crippen LogP contribution in [0.4, 0.5) is 0 Å². The van der Waals surface area contributed by atoms with Crippen molar-refractivity contribution >= 4 is 11.8 Å². The van der Waals surface area contributed by atoms with Gasteiger partial charge in [0.15, 0.2) is 0 Å². The number of ether oxygens (including phenoxy) is 1. The smallest absolute Gasteiger partial charge is 0.249 e. The molecule has 1 aromatic carbocycles. The van der Waals surface area contributed by atoms with E-state index >= 15 is 0 Å². The Morgan fingerprint density at radius 3 is 2.76 bits per heavy atom. The van der Waals surface area contributed by atoms with Gasteiger partial charge in [0, 0.05) is 25.7 Å². The fourth-order valence-electron chi connectivity index (χ4n) is 3.28. The van der Waals surface area contributed by atoms with Crippen LogP contribution in [0.1, 0.15) is 25.3 Å². The fraction of sp³-hybridized carbons (Fsp3) is 0.579. The molecule has 0 aromatic heterocycles. The number of nitrogens with one attached hydrogen (secondary N) is 1. The monoisotopic (exact) mass is 345 g/mol. The third kappa shape index (κ3) is 4.80. The predicted octanol–water partition coefficient (Wildman–Crippen LogP) is 1.01. The van der Waals surface area contributed by atoms with Gasteiger partial charge in [-0.15, -0.1) is 0 Å². The fourth-order valence-corrected chi connectivity index (χ4v) is 3.28. The summed E-state index contributed by atoms with van der Waals surface area (Å²) in [6.45, 7) is 5.35. The van der Waals surface area contributed by atoms with Gasteiger partial charge in [-0.25, -0.2) is 0 Å². The Hall–Kier alpha value is -1.92. The number of hydrogen-bond donors (Lipinski definition) is 1. The van der Waals surface area contributed by atoms with Gasteiger partial charge in [0.05, 0.1) is 6.61 Å². The molecule has 25 heavy (non-hydrogen) atoms. The van der Waals surface area contributed by atoms with Crippen molar-refractivity contribution in [3.63, 3.8) is 0 Å². The van der Waals surface area contributed by atoms with E-state index in [-0.39, 0.29) is 25.0 Å². The normalized spacial score (nSPS) is 20.8. The number of morpholine rings is 1. The molecule has 1 aliphatic heterocycles. The van der Waals surface area contributed by atoms with Gasteiger partial charge in [0.1, 0.15) is 12.6 Å². The molecule has 1 N–H and O–H groups in total. The molecule has 6 nitrogen and oxygen atoms in total. The molecule has 1 heterocycles. The highest BCUT2D eigenvalue weighted by Gasteiger charge is 2.34. The van der Waals surface area contributed by atoms with Gasteiger partial charge < -0.3 is 15.0 Å². The third-order valence-electron chi connectivity index (χ3n) is 4.86. The molecule has 2 fully saturated rings.